The van der Waals surface area contributed by atoms with Crippen LogP contribution in [0.15, 0.2) is 54.0 Å². The number of pyridine rings is 1. The third-order valence-corrected chi connectivity index (χ3v) is 4.97. The van der Waals surface area contributed by atoms with Gasteiger partial charge in [0.25, 0.3) is 0 Å². The van der Waals surface area contributed by atoms with E-state index >= 15 is 0 Å². The SMILES string of the molecule is NC1C(=O)N2C(C(=O)[O-])=C(/C=C/C[n+]3ccccc3)CS[C@H]12. The molecular weight excluding hydrogens is 302 g/mol. The number of hydrogen-bond donors (Lipinski definition) is 1. The lowest BCUT2D eigenvalue weighted by atomic mass is 10.0. The van der Waals surface area contributed by atoms with E-state index in [2.05, 4.69) is 0 Å². The number of thioether (sulfide) groups is 1. The Hall–Kier alpha value is -2.12. The molecular formula is C15H15N3O3S. The first-order chi connectivity index (χ1) is 10.6. The number of β-lactam (4-membered cyclic amide) rings is 1. The molecule has 22 heavy (non-hydrogen) atoms. The van der Waals surface area contributed by atoms with Crippen LogP contribution in [0, 0.1) is 0 Å². The molecule has 0 bridgehead atoms. The number of hydrogen-bond acceptors (Lipinski definition) is 5. The van der Waals surface area contributed by atoms with Gasteiger partial charge in [-0.3, -0.25) is 9.69 Å². The van der Waals surface area contributed by atoms with Crippen molar-refractivity contribution in [2.75, 3.05) is 5.75 Å². The number of aliphatic carboxylic acids is 1. The summed E-state index contributed by atoms with van der Waals surface area (Å²) in [4.78, 5) is 24.4. The van der Waals surface area contributed by atoms with Crippen LogP contribution in [-0.2, 0) is 16.1 Å². The van der Waals surface area contributed by atoms with E-state index in [4.69, 9.17) is 5.73 Å². The van der Waals surface area contributed by atoms with Crippen LogP contribution in [0.2, 0.25) is 0 Å². The zero-order valence-electron chi connectivity index (χ0n) is 11.7. The summed E-state index contributed by atoms with van der Waals surface area (Å²) in [5.74, 6) is -1.20. The fraction of sp³-hybridized carbons (Fsp3) is 0.267. The van der Waals surface area contributed by atoms with Crippen LogP contribution in [-0.4, -0.2) is 33.9 Å². The molecule has 0 radical (unpaired) electrons. The topological polar surface area (TPSA) is 90.3 Å². The summed E-state index contributed by atoms with van der Waals surface area (Å²) in [7, 11) is 0. The number of carboxylic acid groups (broad SMARTS) is 1. The van der Waals surface area contributed by atoms with Crippen molar-refractivity contribution in [3.63, 3.8) is 0 Å². The van der Waals surface area contributed by atoms with Gasteiger partial charge in [0.05, 0.1) is 11.7 Å². The minimum atomic E-state index is -1.34. The van der Waals surface area contributed by atoms with Crippen LogP contribution < -0.4 is 15.4 Å². The van der Waals surface area contributed by atoms with Crippen molar-refractivity contribution < 1.29 is 19.3 Å². The molecule has 6 nitrogen and oxygen atoms in total. The second kappa shape index (κ2) is 5.94. The first-order valence-electron chi connectivity index (χ1n) is 6.85. The Morgan fingerprint density at radius 1 is 1.45 bits per heavy atom. The molecule has 0 saturated carbocycles. The quantitative estimate of drug-likeness (QED) is 0.555. The minimum absolute atomic E-state index is 0.0511. The standard InChI is InChI=1S/C15H15N3O3S/c16-11-13(19)18-12(15(20)21)10(9-22-14(11)18)5-4-8-17-6-2-1-3-7-17/h1-7,11,14H,8-9,16H2/b5-4+/t11?,14-/m1/s1. The number of aromatic nitrogens is 1. The van der Waals surface area contributed by atoms with Gasteiger partial charge < -0.3 is 15.6 Å². The average molecular weight is 317 g/mol. The van der Waals surface area contributed by atoms with E-state index in [1.807, 2.05) is 41.2 Å². The van der Waals surface area contributed by atoms with Crippen molar-refractivity contribution >= 4 is 23.6 Å². The highest BCUT2D eigenvalue weighted by atomic mass is 32.2. The lowest BCUT2D eigenvalue weighted by Crippen LogP contribution is -2.69. The fourth-order valence-corrected chi connectivity index (χ4v) is 3.79. The Balaban J connectivity index is 1.81. The van der Waals surface area contributed by atoms with Gasteiger partial charge in [-0.05, 0) is 11.6 Å². The van der Waals surface area contributed by atoms with E-state index in [0.717, 1.165) is 0 Å². The number of amides is 1. The molecule has 1 aromatic rings. The van der Waals surface area contributed by atoms with Gasteiger partial charge in [-0.25, -0.2) is 4.57 Å². The summed E-state index contributed by atoms with van der Waals surface area (Å²) < 4.78 is 1.96. The molecule has 7 heteroatoms. The molecule has 1 aromatic heterocycles. The van der Waals surface area contributed by atoms with Crippen LogP contribution in [0.3, 0.4) is 0 Å². The molecule has 0 spiro atoms. The third kappa shape index (κ3) is 2.53. The number of fused-ring (bicyclic) bond motifs is 1. The monoisotopic (exact) mass is 317 g/mol. The number of nitrogens with zero attached hydrogens (tertiary/aromatic N) is 2. The molecule has 0 aliphatic carbocycles. The summed E-state index contributed by atoms with van der Waals surface area (Å²) >= 11 is 1.47. The first-order valence-corrected chi connectivity index (χ1v) is 7.90. The largest absolute Gasteiger partial charge is 0.543 e. The summed E-state index contributed by atoms with van der Waals surface area (Å²) in [5, 5.41) is 11.1. The second-order valence-corrected chi connectivity index (χ2v) is 6.18. The van der Waals surface area contributed by atoms with Crippen molar-refractivity contribution in [2.45, 2.75) is 18.0 Å². The zero-order chi connectivity index (χ0) is 15.7. The number of carbonyl (C=O) groups is 2. The Bertz CT molecular complexity index is 672. The van der Waals surface area contributed by atoms with Crippen molar-refractivity contribution in [3.8, 4) is 0 Å². The minimum Gasteiger partial charge on any atom is -0.543 e. The van der Waals surface area contributed by atoms with Crippen molar-refractivity contribution in [1.29, 1.82) is 0 Å². The molecule has 2 N–H and O–H groups in total. The number of allylic oxidation sites excluding steroid dienone is 2. The smallest absolute Gasteiger partial charge is 0.248 e. The summed E-state index contributed by atoms with van der Waals surface area (Å²) in [6, 6.07) is 5.14. The van der Waals surface area contributed by atoms with Gasteiger partial charge >= 0.3 is 0 Å². The third-order valence-electron chi connectivity index (χ3n) is 3.64. The molecule has 3 rings (SSSR count). The predicted octanol–water partition coefficient (Wildman–Crippen LogP) is -1.22. The number of carboxylic acids is 1. The maximum atomic E-state index is 11.8. The van der Waals surface area contributed by atoms with Gasteiger partial charge in [0.15, 0.2) is 18.9 Å². The summed E-state index contributed by atoms with van der Waals surface area (Å²) in [6.45, 7) is 0.617. The van der Waals surface area contributed by atoms with Crippen LogP contribution in [0.25, 0.3) is 0 Å². The number of rotatable bonds is 4. The molecule has 1 fully saturated rings. The van der Waals surface area contributed by atoms with Crippen molar-refractivity contribution in [3.05, 3.63) is 54.0 Å². The molecule has 3 heterocycles. The predicted molar refractivity (Wildman–Crippen MR) is 78.9 cm³/mol. The van der Waals surface area contributed by atoms with E-state index in [9.17, 15) is 14.7 Å². The molecule has 1 unspecified atom stereocenters. The highest BCUT2D eigenvalue weighted by molar-refractivity contribution is 8.00. The van der Waals surface area contributed by atoms with E-state index in [1.165, 1.54) is 16.7 Å². The van der Waals surface area contributed by atoms with Gasteiger partial charge in [-0.1, -0.05) is 12.1 Å². The van der Waals surface area contributed by atoms with E-state index in [-0.39, 0.29) is 17.0 Å². The Morgan fingerprint density at radius 3 is 2.86 bits per heavy atom. The molecule has 1 saturated heterocycles. The van der Waals surface area contributed by atoms with Gasteiger partial charge in [0.1, 0.15) is 11.4 Å². The molecule has 2 aliphatic rings. The maximum Gasteiger partial charge on any atom is 0.248 e. The number of nitrogens with two attached hydrogens (primary N) is 1. The van der Waals surface area contributed by atoms with Crippen LogP contribution in [0.5, 0.6) is 0 Å². The lowest BCUT2D eigenvalue weighted by Gasteiger charge is -2.49. The Labute approximate surface area is 131 Å². The van der Waals surface area contributed by atoms with Gasteiger partial charge in [-0.15, -0.1) is 11.8 Å². The molecule has 2 atom stereocenters. The van der Waals surface area contributed by atoms with Gasteiger partial charge in [0, 0.05) is 17.9 Å². The zero-order valence-corrected chi connectivity index (χ0v) is 12.5. The molecule has 114 valence electrons. The van der Waals surface area contributed by atoms with Crippen LogP contribution in [0.1, 0.15) is 0 Å². The summed E-state index contributed by atoms with van der Waals surface area (Å²) in [5.41, 5.74) is 6.22. The van der Waals surface area contributed by atoms with Crippen molar-refractivity contribution in [1.82, 2.24) is 4.90 Å². The van der Waals surface area contributed by atoms with Gasteiger partial charge in [0.2, 0.25) is 5.91 Å². The van der Waals surface area contributed by atoms with E-state index < -0.39 is 12.0 Å². The average Bonchev–Trinajstić information content (AvgIpc) is 2.54. The van der Waals surface area contributed by atoms with E-state index in [0.29, 0.717) is 17.9 Å². The first kappa shape index (κ1) is 14.8. The highest BCUT2D eigenvalue weighted by Crippen LogP contribution is 2.39. The van der Waals surface area contributed by atoms with Crippen LogP contribution >= 0.6 is 11.8 Å². The summed E-state index contributed by atoms with van der Waals surface area (Å²) in [6.07, 6.45) is 7.44. The normalized spacial score (nSPS) is 24.4. The van der Waals surface area contributed by atoms with E-state index in [1.54, 1.807) is 6.08 Å². The maximum absolute atomic E-state index is 11.8. The molecule has 0 aromatic carbocycles. The highest BCUT2D eigenvalue weighted by Gasteiger charge is 2.49. The molecule has 2 aliphatic heterocycles. The second-order valence-electron chi connectivity index (χ2n) is 5.07. The molecule has 1 amide bonds. The van der Waals surface area contributed by atoms with Crippen LogP contribution in [0.4, 0.5) is 0 Å². The number of carbonyl (C=O) groups excluding carboxylic acids is 2. The fourth-order valence-electron chi connectivity index (χ4n) is 2.53. The lowest BCUT2D eigenvalue weighted by molar-refractivity contribution is -0.687. The Kier molecular flexibility index (Phi) is 4.00. The van der Waals surface area contributed by atoms with Crippen molar-refractivity contribution in [2.24, 2.45) is 5.73 Å². The Morgan fingerprint density at radius 2 is 2.18 bits per heavy atom. The van der Waals surface area contributed by atoms with Gasteiger partial charge in [-0.2, -0.15) is 0 Å².